The normalized spacial score (nSPS) is 24.9. The second-order valence-corrected chi connectivity index (χ2v) is 5.60. The number of nitrogens with zero attached hydrogens (tertiary/aromatic N) is 2. The lowest BCUT2D eigenvalue weighted by atomic mass is 10.0. The summed E-state index contributed by atoms with van der Waals surface area (Å²) in [6.45, 7) is 8.58. The number of hydrogen-bond acceptors (Lipinski definition) is 3. The van der Waals surface area contributed by atoms with E-state index in [4.69, 9.17) is 0 Å². The standard InChI is InChI=1S/C15H27N3O/c1-3-18(14-7-5-4-6-8-14)15(19)12-17-10-9-16-11-13(17)2/h7,13,16H,3-6,8-12H2,1-2H3. The van der Waals surface area contributed by atoms with Crippen molar-refractivity contribution in [1.29, 1.82) is 0 Å². The fourth-order valence-corrected chi connectivity index (χ4v) is 2.98. The highest BCUT2D eigenvalue weighted by Gasteiger charge is 2.24. The largest absolute Gasteiger partial charge is 0.316 e. The van der Waals surface area contributed by atoms with E-state index < -0.39 is 0 Å². The highest BCUT2D eigenvalue weighted by Crippen LogP contribution is 2.21. The number of carbonyl (C=O) groups excluding carboxylic acids is 1. The van der Waals surface area contributed by atoms with Gasteiger partial charge in [0.2, 0.25) is 5.91 Å². The van der Waals surface area contributed by atoms with Crippen molar-refractivity contribution in [1.82, 2.24) is 15.1 Å². The number of piperazine rings is 1. The molecule has 19 heavy (non-hydrogen) atoms. The first kappa shape index (κ1) is 14.5. The minimum absolute atomic E-state index is 0.268. The molecule has 0 bridgehead atoms. The fraction of sp³-hybridized carbons (Fsp3) is 0.800. The van der Waals surface area contributed by atoms with Crippen LogP contribution in [0.25, 0.3) is 0 Å². The Morgan fingerprint density at radius 3 is 3.00 bits per heavy atom. The van der Waals surface area contributed by atoms with Gasteiger partial charge in [0, 0.05) is 37.9 Å². The Morgan fingerprint density at radius 2 is 2.37 bits per heavy atom. The van der Waals surface area contributed by atoms with Gasteiger partial charge in [0.05, 0.1) is 6.54 Å². The molecular formula is C15H27N3O. The Morgan fingerprint density at radius 1 is 1.53 bits per heavy atom. The van der Waals surface area contributed by atoms with Crippen molar-refractivity contribution in [3.63, 3.8) is 0 Å². The average Bonchev–Trinajstić information content (AvgIpc) is 2.43. The van der Waals surface area contributed by atoms with Crippen LogP contribution in [0.2, 0.25) is 0 Å². The van der Waals surface area contributed by atoms with Gasteiger partial charge in [-0.1, -0.05) is 6.08 Å². The average molecular weight is 265 g/mol. The van der Waals surface area contributed by atoms with Crippen LogP contribution in [0.3, 0.4) is 0 Å². The molecule has 0 aromatic heterocycles. The zero-order valence-corrected chi connectivity index (χ0v) is 12.3. The summed E-state index contributed by atoms with van der Waals surface area (Å²) < 4.78 is 0. The van der Waals surface area contributed by atoms with Crippen molar-refractivity contribution in [2.45, 2.75) is 45.6 Å². The van der Waals surface area contributed by atoms with Crippen LogP contribution in [0.15, 0.2) is 11.8 Å². The molecule has 4 heteroatoms. The number of hydrogen-bond donors (Lipinski definition) is 1. The molecule has 1 aliphatic carbocycles. The lowest BCUT2D eigenvalue weighted by Crippen LogP contribution is -2.53. The van der Waals surface area contributed by atoms with Crippen molar-refractivity contribution in [2.24, 2.45) is 0 Å². The molecule has 1 amide bonds. The van der Waals surface area contributed by atoms with E-state index >= 15 is 0 Å². The Labute approximate surface area is 116 Å². The van der Waals surface area contributed by atoms with Gasteiger partial charge >= 0.3 is 0 Å². The molecule has 0 spiro atoms. The van der Waals surface area contributed by atoms with E-state index in [1.54, 1.807) is 0 Å². The predicted molar refractivity (Wildman–Crippen MR) is 77.8 cm³/mol. The second-order valence-electron chi connectivity index (χ2n) is 5.60. The SMILES string of the molecule is CCN(C(=O)CN1CCNCC1C)C1=CCCCC1. The van der Waals surface area contributed by atoms with Gasteiger partial charge in [-0.3, -0.25) is 9.69 Å². The highest BCUT2D eigenvalue weighted by atomic mass is 16.2. The van der Waals surface area contributed by atoms with Gasteiger partial charge in [0.1, 0.15) is 0 Å². The molecule has 0 radical (unpaired) electrons. The molecule has 1 aliphatic heterocycles. The number of allylic oxidation sites excluding steroid dienone is 2. The van der Waals surface area contributed by atoms with Crippen molar-refractivity contribution in [3.8, 4) is 0 Å². The number of likely N-dealkylation sites (N-methyl/N-ethyl adjacent to an activating group) is 1. The minimum Gasteiger partial charge on any atom is -0.316 e. The molecule has 1 N–H and O–H groups in total. The van der Waals surface area contributed by atoms with Gasteiger partial charge in [-0.05, 0) is 39.5 Å². The minimum atomic E-state index is 0.268. The van der Waals surface area contributed by atoms with Crippen molar-refractivity contribution >= 4 is 5.91 Å². The first-order valence-electron chi connectivity index (χ1n) is 7.66. The van der Waals surface area contributed by atoms with Crippen molar-refractivity contribution < 1.29 is 4.79 Å². The van der Waals surface area contributed by atoms with Gasteiger partial charge in [-0.2, -0.15) is 0 Å². The van der Waals surface area contributed by atoms with Crippen LogP contribution in [0.4, 0.5) is 0 Å². The summed E-state index contributed by atoms with van der Waals surface area (Å²) >= 11 is 0. The van der Waals surface area contributed by atoms with E-state index in [0.717, 1.165) is 39.0 Å². The monoisotopic (exact) mass is 265 g/mol. The fourth-order valence-electron chi connectivity index (χ4n) is 2.98. The quantitative estimate of drug-likeness (QED) is 0.838. The van der Waals surface area contributed by atoms with Gasteiger partial charge in [0.25, 0.3) is 0 Å². The molecule has 0 aromatic carbocycles. The third-order valence-corrected chi connectivity index (χ3v) is 4.21. The summed E-state index contributed by atoms with van der Waals surface area (Å²) in [5.74, 6) is 0.268. The Bertz CT molecular complexity index is 340. The summed E-state index contributed by atoms with van der Waals surface area (Å²) in [6.07, 6.45) is 6.94. The van der Waals surface area contributed by atoms with E-state index in [9.17, 15) is 4.79 Å². The lowest BCUT2D eigenvalue weighted by Gasteiger charge is -2.35. The summed E-state index contributed by atoms with van der Waals surface area (Å²) in [6, 6.07) is 0.455. The molecule has 1 atom stereocenters. The second kappa shape index (κ2) is 7.06. The molecule has 2 rings (SSSR count). The van der Waals surface area contributed by atoms with Crippen LogP contribution < -0.4 is 5.32 Å². The number of nitrogens with one attached hydrogen (secondary N) is 1. The van der Waals surface area contributed by atoms with E-state index in [1.165, 1.54) is 18.5 Å². The molecule has 2 aliphatic rings. The lowest BCUT2D eigenvalue weighted by molar-refractivity contribution is -0.131. The summed E-state index contributed by atoms with van der Waals surface area (Å²) in [7, 11) is 0. The summed E-state index contributed by atoms with van der Waals surface area (Å²) in [5, 5.41) is 3.37. The van der Waals surface area contributed by atoms with Crippen LogP contribution in [0.1, 0.15) is 39.5 Å². The number of rotatable bonds is 4. The molecule has 1 unspecified atom stereocenters. The van der Waals surface area contributed by atoms with Crippen LogP contribution in [-0.2, 0) is 4.79 Å². The van der Waals surface area contributed by atoms with Crippen LogP contribution in [0.5, 0.6) is 0 Å². The zero-order valence-electron chi connectivity index (χ0n) is 12.3. The summed E-state index contributed by atoms with van der Waals surface area (Å²) in [4.78, 5) is 16.8. The van der Waals surface area contributed by atoms with Gasteiger partial charge in [-0.15, -0.1) is 0 Å². The number of carbonyl (C=O) groups is 1. The first-order chi connectivity index (χ1) is 9.22. The highest BCUT2D eigenvalue weighted by molar-refractivity contribution is 5.80. The van der Waals surface area contributed by atoms with E-state index in [-0.39, 0.29) is 5.91 Å². The smallest absolute Gasteiger partial charge is 0.240 e. The maximum absolute atomic E-state index is 12.5. The molecule has 0 aromatic rings. The maximum Gasteiger partial charge on any atom is 0.240 e. The van der Waals surface area contributed by atoms with Gasteiger partial charge < -0.3 is 10.2 Å². The summed E-state index contributed by atoms with van der Waals surface area (Å²) in [5.41, 5.74) is 1.25. The van der Waals surface area contributed by atoms with Crippen LogP contribution in [0, 0.1) is 0 Å². The van der Waals surface area contributed by atoms with E-state index in [2.05, 4.69) is 30.1 Å². The van der Waals surface area contributed by atoms with Gasteiger partial charge in [-0.25, -0.2) is 0 Å². The predicted octanol–water partition coefficient (Wildman–Crippen LogP) is 1.59. The number of amides is 1. The molecule has 1 heterocycles. The zero-order chi connectivity index (χ0) is 13.7. The first-order valence-corrected chi connectivity index (χ1v) is 7.66. The van der Waals surface area contributed by atoms with Gasteiger partial charge in [0.15, 0.2) is 0 Å². The topological polar surface area (TPSA) is 35.6 Å². The Kier molecular flexibility index (Phi) is 5.40. The maximum atomic E-state index is 12.5. The molecule has 0 saturated carbocycles. The van der Waals surface area contributed by atoms with E-state index in [1.807, 2.05) is 4.90 Å². The molecule has 4 nitrogen and oxygen atoms in total. The van der Waals surface area contributed by atoms with Crippen LogP contribution in [-0.4, -0.2) is 54.5 Å². The molecular weight excluding hydrogens is 238 g/mol. The molecule has 108 valence electrons. The van der Waals surface area contributed by atoms with Crippen molar-refractivity contribution in [2.75, 3.05) is 32.7 Å². The Balaban J connectivity index is 1.94. The molecule has 1 saturated heterocycles. The third kappa shape index (κ3) is 3.80. The Hall–Kier alpha value is -0.870. The van der Waals surface area contributed by atoms with E-state index in [0.29, 0.717) is 12.6 Å². The van der Waals surface area contributed by atoms with Crippen molar-refractivity contribution in [3.05, 3.63) is 11.8 Å². The van der Waals surface area contributed by atoms with Crippen LogP contribution >= 0.6 is 0 Å². The molecule has 1 fully saturated rings. The third-order valence-electron chi connectivity index (χ3n) is 4.21.